The molecule has 0 aromatic heterocycles. The minimum Gasteiger partial charge on any atom is -0.273 e. The van der Waals surface area contributed by atoms with Gasteiger partial charge in [-0.15, -0.1) is 0 Å². The number of nitrogens with zero attached hydrogens (tertiary/aromatic N) is 1. The average molecular weight is 262 g/mol. The fourth-order valence-corrected chi connectivity index (χ4v) is 1.64. The molecule has 1 N–H and O–H groups in total. The van der Waals surface area contributed by atoms with Gasteiger partial charge in [-0.3, -0.25) is 15.0 Å². The summed E-state index contributed by atoms with van der Waals surface area (Å²) in [4.78, 5) is 24.2. The van der Waals surface area contributed by atoms with Crippen LogP contribution in [0, 0.1) is 0 Å². The Morgan fingerprint density at radius 2 is 1.74 bits per heavy atom. The monoisotopic (exact) mass is 262 g/mol. The molecule has 0 bridgehead atoms. The minimum absolute atomic E-state index is 0.137. The summed E-state index contributed by atoms with van der Waals surface area (Å²) in [5, 5.41) is 1.40. The molecule has 0 radical (unpaired) electrons. The van der Waals surface area contributed by atoms with Gasteiger partial charge >= 0.3 is 0 Å². The van der Waals surface area contributed by atoms with Crippen LogP contribution >= 0.6 is 0 Å². The molecule has 0 fully saturated rings. The first-order valence-corrected chi connectivity index (χ1v) is 6.55. The first-order valence-electron chi connectivity index (χ1n) is 6.55. The largest absolute Gasteiger partial charge is 0.273 e. The number of hydrogen-bond donors (Lipinski definition) is 1. The van der Waals surface area contributed by atoms with Crippen LogP contribution < -0.4 is 5.43 Å². The van der Waals surface area contributed by atoms with Gasteiger partial charge in [0.25, 0.3) is 5.91 Å². The normalized spacial score (nSPS) is 10.9. The van der Waals surface area contributed by atoms with Crippen LogP contribution in [-0.4, -0.2) is 22.4 Å². The number of hydrogen-bond acceptors (Lipinski definition) is 2. The zero-order valence-corrected chi connectivity index (χ0v) is 12.1. The zero-order valence-electron chi connectivity index (χ0n) is 12.1. The van der Waals surface area contributed by atoms with Crippen LogP contribution in [0.25, 0.3) is 0 Å². The highest BCUT2D eigenvalue weighted by molar-refractivity contribution is 5.95. The molecule has 0 atom stereocenters. The van der Waals surface area contributed by atoms with Crippen molar-refractivity contribution in [1.82, 2.24) is 10.4 Å². The lowest BCUT2D eigenvalue weighted by molar-refractivity contribution is -0.126. The summed E-state index contributed by atoms with van der Waals surface area (Å²) in [6.45, 7) is 7.60. The maximum atomic E-state index is 12.4. The van der Waals surface area contributed by atoms with Crippen LogP contribution in [0.1, 0.15) is 50.9 Å². The van der Waals surface area contributed by atoms with Crippen LogP contribution in [0.3, 0.4) is 0 Å². The number of nitrogens with one attached hydrogen (secondary N) is 1. The number of hydrazine groups is 1. The highest BCUT2D eigenvalue weighted by Crippen LogP contribution is 2.15. The fourth-order valence-electron chi connectivity index (χ4n) is 1.64. The molecule has 0 spiro atoms. The summed E-state index contributed by atoms with van der Waals surface area (Å²) < 4.78 is 0. The summed E-state index contributed by atoms with van der Waals surface area (Å²) in [5.41, 5.74) is 2.79. The maximum Gasteiger partial charge on any atom is 0.272 e. The molecule has 0 saturated heterocycles. The van der Waals surface area contributed by atoms with E-state index in [9.17, 15) is 9.59 Å². The second kappa shape index (κ2) is 6.36. The van der Waals surface area contributed by atoms with Crippen molar-refractivity contribution in [3.05, 3.63) is 35.9 Å². The van der Waals surface area contributed by atoms with E-state index >= 15 is 0 Å². The van der Waals surface area contributed by atoms with E-state index < -0.39 is 5.54 Å². The van der Waals surface area contributed by atoms with Crippen molar-refractivity contribution in [2.24, 2.45) is 0 Å². The molecule has 4 nitrogen and oxygen atoms in total. The second-order valence-electron chi connectivity index (χ2n) is 5.46. The van der Waals surface area contributed by atoms with Gasteiger partial charge in [-0.1, -0.05) is 25.1 Å². The number of carbonyl (C=O) groups is 2. The Bertz CT molecular complexity index is 435. The van der Waals surface area contributed by atoms with Crippen molar-refractivity contribution < 1.29 is 9.59 Å². The van der Waals surface area contributed by atoms with E-state index in [4.69, 9.17) is 0 Å². The molecule has 0 aliphatic rings. The van der Waals surface area contributed by atoms with E-state index in [2.05, 4.69) is 5.43 Å². The Kier molecular flexibility index (Phi) is 5.10. The average Bonchev–Trinajstić information content (AvgIpc) is 2.35. The Hall–Kier alpha value is -1.84. The first kappa shape index (κ1) is 15.2. The van der Waals surface area contributed by atoms with E-state index in [0.717, 1.165) is 6.42 Å². The maximum absolute atomic E-state index is 12.4. The lowest BCUT2D eigenvalue weighted by atomic mass is 10.1. The summed E-state index contributed by atoms with van der Waals surface area (Å²) in [6.07, 6.45) is 1.16. The molecule has 2 amide bonds. The first-order chi connectivity index (χ1) is 8.86. The molecule has 104 valence electrons. The fraction of sp³-hybridized carbons (Fsp3) is 0.467. The summed E-state index contributed by atoms with van der Waals surface area (Å²) in [7, 11) is 0. The van der Waals surface area contributed by atoms with Crippen molar-refractivity contribution in [1.29, 1.82) is 0 Å². The van der Waals surface area contributed by atoms with Crippen molar-refractivity contribution in [2.75, 3.05) is 0 Å². The van der Waals surface area contributed by atoms with Crippen LogP contribution in [0.15, 0.2) is 30.3 Å². The lowest BCUT2D eigenvalue weighted by Gasteiger charge is -2.35. The van der Waals surface area contributed by atoms with Gasteiger partial charge in [0.1, 0.15) is 0 Å². The Balaban J connectivity index is 2.92. The third kappa shape index (κ3) is 4.39. The van der Waals surface area contributed by atoms with Gasteiger partial charge in [-0.25, -0.2) is 5.01 Å². The Morgan fingerprint density at radius 1 is 1.16 bits per heavy atom. The molecule has 1 aromatic rings. The molecule has 0 heterocycles. The van der Waals surface area contributed by atoms with E-state index in [0.29, 0.717) is 12.0 Å². The highest BCUT2D eigenvalue weighted by atomic mass is 16.2. The van der Waals surface area contributed by atoms with E-state index in [1.54, 1.807) is 12.1 Å². The quantitative estimate of drug-likeness (QED) is 0.851. The van der Waals surface area contributed by atoms with Gasteiger partial charge in [0.2, 0.25) is 5.91 Å². The minimum atomic E-state index is -0.476. The van der Waals surface area contributed by atoms with Crippen LogP contribution in [0.2, 0.25) is 0 Å². The van der Waals surface area contributed by atoms with Crippen molar-refractivity contribution in [2.45, 2.75) is 46.1 Å². The molecule has 19 heavy (non-hydrogen) atoms. The van der Waals surface area contributed by atoms with Crippen LogP contribution in [-0.2, 0) is 4.79 Å². The number of rotatable bonds is 3. The van der Waals surface area contributed by atoms with E-state index in [1.165, 1.54) is 5.01 Å². The topological polar surface area (TPSA) is 49.4 Å². The number of amides is 2. The molecular formula is C15H22N2O2. The summed E-state index contributed by atoms with van der Waals surface area (Å²) in [6, 6.07) is 8.96. The highest BCUT2D eigenvalue weighted by Gasteiger charge is 2.28. The van der Waals surface area contributed by atoms with Crippen molar-refractivity contribution in [3.8, 4) is 0 Å². The number of benzene rings is 1. The predicted molar refractivity (Wildman–Crippen MR) is 75.4 cm³/mol. The Morgan fingerprint density at radius 3 is 2.21 bits per heavy atom. The number of carbonyl (C=O) groups excluding carboxylic acids is 2. The zero-order chi connectivity index (χ0) is 14.5. The standard InChI is InChI=1S/C15H22N2O2/c1-5-9-13(18)16-17(15(2,3)4)14(19)12-10-7-6-8-11-12/h6-8,10-11H,5,9H2,1-4H3,(H,16,18). The summed E-state index contributed by atoms with van der Waals surface area (Å²) >= 11 is 0. The van der Waals surface area contributed by atoms with Gasteiger partial charge in [-0.2, -0.15) is 0 Å². The third-order valence-corrected chi connectivity index (χ3v) is 2.61. The van der Waals surface area contributed by atoms with Gasteiger partial charge in [-0.05, 0) is 39.3 Å². The van der Waals surface area contributed by atoms with Gasteiger partial charge in [0.05, 0.1) is 5.54 Å². The molecular weight excluding hydrogens is 240 g/mol. The molecule has 0 saturated carbocycles. The molecule has 1 rings (SSSR count). The third-order valence-electron chi connectivity index (χ3n) is 2.61. The van der Waals surface area contributed by atoms with E-state index in [-0.39, 0.29) is 11.8 Å². The van der Waals surface area contributed by atoms with Crippen molar-refractivity contribution >= 4 is 11.8 Å². The predicted octanol–water partition coefficient (Wildman–Crippen LogP) is 2.76. The Labute approximate surface area is 114 Å². The smallest absolute Gasteiger partial charge is 0.272 e. The molecule has 0 unspecified atom stereocenters. The summed E-state index contributed by atoms with van der Waals surface area (Å²) in [5.74, 6) is -0.334. The molecule has 1 aromatic carbocycles. The van der Waals surface area contributed by atoms with Crippen LogP contribution in [0.5, 0.6) is 0 Å². The second-order valence-corrected chi connectivity index (χ2v) is 5.46. The van der Waals surface area contributed by atoms with E-state index in [1.807, 2.05) is 45.9 Å². The SMILES string of the molecule is CCCC(=O)NN(C(=O)c1ccccc1)C(C)(C)C. The van der Waals surface area contributed by atoms with Crippen molar-refractivity contribution in [3.63, 3.8) is 0 Å². The van der Waals surface area contributed by atoms with Crippen LogP contribution in [0.4, 0.5) is 0 Å². The van der Waals surface area contributed by atoms with Gasteiger partial charge in [0.15, 0.2) is 0 Å². The molecule has 0 aliphatic heterocycles. The molecule has 4 heteroatoms. The van der Waals surface area contributed by atoms with Gasteiger partial charge in [0, 0.05) is 12.0 Å². The van der Waals surface area contributed by atoms with Gasteiger partial charge < -0.3 is 0 Å². The molecule has 0 aliphatic carbocycles. The lowest BCUT2D eigenvalue weighted by Crippen LogP contribution is -2.55.